The second kappa shape index (κ2) is 8.73. The Hall–Kier alpha value is -2.74. The van der Waals surface area contributed by atoms with E-state index in [1.807, 2.05) is 25.1 Å². The van der Waals surface area contributed by atoms with Gasteiger partial charge >= 0.3 is 6.18 Å². The normalized spacial score (nSPS) is 16.5. The predicted molar refractivity (Wildman–Crippen MR) is 108 cm³/mol. The maximum Gasteiger partial charge on any atom is 0.416 e. The summed E-state index contributed by atoms with van der Waals surface area (Å²) in [7, 11) is 0. The molecule has 1 heterocycles. The third-order valence-electron chi connectivity index (χ3n) is 5.26. The number of para-hydroxylation sites is 1. The lowest BCUT2D eigenvalue weighted by Gasteiger charge is -2.39. The molecule has 3 N–H and O–H groups in total. The Morgan fingerprint density at radius 1 is 1.10 bits per heavy atom. The van der Waals surface area contributed by atoms with Gasteiger partial charge in [-0.3, -0.25) is 9.69 Å². The van der Waals surface area contributed by atoms with Crippen LogP contribution in [-0.4, -0.2) is 49.6 Å². The highest BCUT2D eigenvalue weighted by Gasteiger charge is 2.31. The quantitative estimate of drug-likeness (QED) is 0.772. The van der Waals surface area contributed by atoms with Crippen molar-refractivity contribution in [3.63, 3.8) is 0 Å². The van der Waals surface area contributed by atoms with Gasteiger partial charge in [0.2, 0.25) is 0 Å². The topological polar surface area (TPSA) is 61.6 Å². The lowest BCUT2D eigenvalue weighted by atomic mass is 10.1. The Balaban J connectivity index is 1.61. The van der Waals surface area contributed by atoms with E-state index in [-0.39, 0.29) is 17.3 Å². The van der Waals surface area contributed by atoms with Crippen LogP contribution in [0.25, 0.3) is 0 Å². The van der Waals surface area contributed by atoms with Crippen LogP contribution in [0.15, 0.2) is 48.5 Å². The Bertz CT molecular complexity index is 834. The molecule has 0 aliphatic carbocycles. The maximum absolute atomic E-state index is 13.0. The maximum atomic E-state index is 13.0. The molecule has 3 rings (SSSR count). The van der Waals surface area contributed by atoms with Crippen molar-refractivity contribution in [2.45, 2.75) is 19.1 Å². The highest BCUT2D eigenvalue weighted by molar-refractivity contribution is 5.98. The van der Waals surface area contributed by atoms with E-state index in [4.69, 9.17) is 5.73 Å². The zero-order chi connectivity index (χ0) is 21.0. The van der Waals surface area contributed by atoms with Crippen LogP contribution in [0.3, 0.4) is 0 Å². The Kier molecular flexibility index (Phi) is 6.32. The number of nitrogens with one attached hydrogen (secondary N) is 1. The lowest BCUT2D eigenvalue weighted by molar-refractivity contribution is -0.137. The summed E-state index contributed by atoms with van der Waals surface area (Å²) >= 11 is 0. The van der Waals surface area contributed by atoms with Gasteiger partial charge in [-0.1, -0.05) is 18.2 Å². The molecule has 1 fully saturated rings. The third kappa shape index (κ3) is 5.20. The van der Waals surface area contributed by atoms with Crippen molar-refractivity contribution in [2.24, 2.45) is 5.73 Å². The molecule has 2 aromatic carbocycles. The van der Waals surface area contributed by atoms with E-state index in [2.05, 4.69) is 27.2 Å². The highest BCUT2D eigenvalue weighted by atomic mass is 19.4. The summed E-state index contributed by atoms with van der Waals surface area (Å²) in [4.78, 5) is 16.2. The minimum absolute atomic E-state index is 0.0547. The zero-order valence-electron chi connectivity index (χ0n) is 16.2. The fourth-order valence-corrected chi connectivity index (χ4v) is 3.53. The van der Waals surface area contributed by atoms with Crippen molar-refractivity contribution in [1.29, 1.82) is 0 Å². The van der Waals surface area contributed by atoms with Crippen LogP contribution >= 0.6 is 0 Å². The number of nitrogens with zero attached hydrogens (tertiary/aromatic N) is 2. The van der Waals surface area contributed by atoms with E-state index >= 15 is 0 Å². The molecule has 29 heavy (non-hydrogen) atoms. The molecule has 2 aromatic rings. The van der Waals surface area contributed by atoms with Gasteiger partial charge in [-0.2, -0.15) is 13.2 Å². The number of hydrogen-bond donors (Lipinski definition) is 2. The summed E-state index contributed by atoms with van der Waals surface area (Å²) in [6, 6.07) is 13.2. The van der Waals surface area contributed by atoms with Crippen LogP contribution in [0.5, 0.6) is 0 Å². The van der Waals surface area contributed by atoms with Gasteiger partial charge in [0.05, 0.1) is 11.1 Å². The number of nitrogens with two attached hydrogens (primary N) is 1. The van der Waals surface area contributed by atoms with Crippen molar-refractivity contribution in [1.82, 2.24) is 4.90 Å². The smallest absolute Gasteiger partial charge is 0.383 e. The number of amides is 1. The molecule has 1 atom stereocenters. The molecule has 156 valence electrons. The van der Waals surface area contributed by atoms with Crippen LogP contribution in [0.1, 0.15) is 22.8 Å². The second-order valence-corrected chi connectivity index (χ2v) is 7.21. The van der Waals surface area contributed by atoms with E-state index in [0.717, 1.165) is 44.4 Å². The summed E-state index contributed by atoms with van der Waals surface area (Å²) in [6.45, 7) is 5.89. The molecular weight excluding hydrogens is 381 g/mol. The van der Waals surface area contributed by atoms with Gasteiger partial charge in [0, 0.05) is 50.1 Å². The first-order valence-electron chi connectivity index (χ1n) is 9.54. The van der Waals surface area contributed by atoms with Gasteiger partial charge in [-0.25, -0.2) is 0 Å². The van der Waals surface area contributed by atoms with Crippen molar-refractivity contribution < 1.29 is 18.0 Å². The summed E-state index contributed by atoms with van der Waals surface area (Å²) < 4.78 is 39.0. The van der Waals surface area contributed by atoms with E-state index < -0.39 is 17.6 Å². The van der Waals surface area contributed by atoms with Crippen molar-refractivity contribution in [3.05, 3.63) is 59.7 Å². The molecule has 0 saturated carbocycles. The van der Waals surface area contributed by atoms with E-state index in [0.29, 0.717) is 6.54 Å². The average Bonchev–Trinajstić information content (AvgIpc) is 2.71. The molecular formula is C21H25F3N4O. The second-order valence-electron chi connectivity index (χ2n) is 7.21. The van der Waals surface area contributed by atoms with Gasteiger partial charge in [0.25, 0.3) is 5.91 Å². The molecule has 1 aliphatic rings. The van der Waals surface area contributed by atoms with Crippen LogP contribution in [0.2, 0.25) is 0 Å². The fraction of sp³-hybridized carbons (Fsp3) is 0.381. The number of primary amides is 1. The van der Waals surface area contributed by atoms with Crippen LogP contribution in [0, 0.1) is 0 Å². The number of piperazine rings is 1. The summed E-state index contributed by atoms with van der Waals surface area (Å²) in [5.74, 6) is -0.759. The monoisotopic (exact) mass is 406 g/mol. The van der Waals surface area contributed by atoms with Gasteiger partial charge in [0.1, 0.15) is 0 Å². The van der Waals surface area contributed by atoms with Crippen molar-refractivity contribution >= 4 is 17.3 Å². The number of alkyl halides is 3. The third-order valence-corrected chi connectivity index (χ3v) is 5.26. The van der Waals surface area contributed by atoms with Gasteiger partial charge in [0.15, 0.2) is 0 Å². The van der Waals surface area contributed by atoms with Crippen molar-refractivity contribution in [2.75, 3.05) is 42.9 Å². The average molecular weight is 406 g/mol. The van der Waals surface area contributed by atoms with E-state index in [1.54, 1.807) is 0 Å². The number of halogens is 3. The van der Waals surface area contributed by atoms with Gasteiger partial charge in [-0.15, -0.1) is 0 Å². The zero-order valence-corrected chi connectivity index (χ0v) is 16.2. The Morgan fingerprint density at radius 3 is 2.34 bits per heavy atom. The Morgan fingerprint density at radius 2 is 1.76 bits per heavy atom. The van der Waals surface area contributed by atoms with Crippen LogP contribution < -0.4 is 16.0 Å². The number of anilines is 2. The molecule has 5 nitrogen and oxygen atoms in total. The van der Waals surface area contributed by atoms with Gasteiger partial charge < -0.3 is 16.0 Å². The molecule has 1 unspecified atom stereocenters. The number of carbonyl (C=O) groups excluding carboxylic acids is 1. The molecule has 1 aliphatic heterocycles. The molecule has 0 spiro atoms. The minimum atomic E-state index is -4.48. The number of hydrogen-bond acceptors (Lipinski definition) is 4. The SMILES string of the molecule is CC(CNc1cc(C(F)(F)F)ccc1C(N)=O)N1CCN(c2ccccc2)CC1. The molecule has 0 aromatic heterocycles. The standard InChI is InChI=1S/C21H25F3N4O/c1-15(27-9-11-28(12-10-27)17-5-3-2-4-6-17)14-26-19-13-16(21(22,23)24)7-8-18(19)20(25)29/h2-8,13,15,26H,9-12,14H2,1H3,(H2,25,29). The van der Waals surface area contributed by atoms with E-state index in [1.165, 1.54) is 5.69 Å². The summed E-state index contributed by atoms with van der Waals surface area (Å²) in [5.41, 5.74) is 5.86. The minimum Gasteiger partial charge on any atom is -0.383 e. The first-order valence-corrected chi connectivity index (χ1v) is 9.54. The summed E-state index contributed by atoms with van der Waals surface area (Å²) in [6.07, 6.45) is -4.48. The fourth-order valence-electron chi connectivity index (χ4n) is 3.53. The molecule has 1 amide bonds. The first kappa shape index (κ1) is 21.0. The molecule has 8 heteroatoms. The number of rotatable bonds is 6. The van der Waals surface area contributed by atoms with E-state index in [9.17, 15) is 18.0 Å². The van der Waals surface area contributed by atoms with Crippen LogP contribution in [-0.2, 0) is 6.18 Å². The largest absolute Gasteiger partial charge is 0.416 e. The summed E-state index contributed by atoms with van der Waals surface area (Å²) in [5, 5.41) is 2.99. The van der Waals surface area contributed by atoms with Gasteiger partial charge in [-0.05, 0) is 37.3 Å². The molecule has 0 radical (unpaired) electrons. The first-order chi connectivity index (χ1) is 13.8. The molecule has 1 saturated heterocycles. The van der Waals surface area contributed by atoms with Crippen molar-refractivity contribution in [3.8, 4) is 0 Å². The number of benzene rings is 2. The lowest BCUT2D eigenvalue weighted by Crippen LogP contribution is -2.51. The van der Waals surface area contributed by atoms with Crippen LogP contribution in [0.4, 0.5) is 24.5 Å². The predicted octanol–water partition coefficient (Wildman–Crippen LogP) is 3.43. The molecule has 0 bridgehead atoms. The highest BCUT2D eigenvalue weighted by Crippen LogP contribution is 2.32. The number of carbonyl (C=O) groups is 1. The Labute approximate surface area is 168 Å².